The zero-order valence-electron chi connectivity index (χ0n) is 15.0. The van der Waals surface area contributed by atoms with Gasteiger partial charge in [-0.25, -0.2) is 0 Å². The van der Waals surface area contributed by atoms with Gasteiger partial charge in [-0.3, -0.25) is 14.8 Å². The summed E-state index contributed by atoms with van der Waals surface area (Å²) in [5.41, 5.74) is 3.67. The van der Waals surface area contributed by atoms with Gasteiger partial charge in [-0.2, -0.15) is 0 Å². The third kappa shape index (κ3) is 4.74. The van der Waals surface area contributed by atoms with Crippen LogP contribution >= 0.6 is 11.6 Å². The monoisotopic (exact) mass is 382 g/mol. The van der Waals surface area contributed by atoms with Gasteiger partial charge in [0.25, 0.3) is 5.91 Å². The molecule has 2 aromatic heterocycles. The number of nitrogens with zero attached hydrogens (tertiary/aromatic N) is 2. The number of ether oxygens (including phenoxy) is 1. The lowest BCUT2D eigenvalue weighted by Crippen LogP contribution is -2.13. The second-order valence-corrected chi connectivity index (χ2v) is 6.33. The number of anilines is 2. The number of amides is 1. The van der Waals surface area contributed by atoms with Crippen LogP contribution in [0.25, 0.3) is 0 Å². The van der Waals surface area contributed by atoms with Crippen molar-refractivity contribution in [1.29, 1.82) is 0 Å². The summed E-state index contributed by atoms with van der Waals surface area (Å²) in [6, 6.07) is 9.05. The van der Waals surface area contributed by atoms with Crippen LogP contribution in [0.1, 0.15) is 21.5 Å². The maximum atomic E-state index is 12.6. The zero-order chi connectivity index (χ0) is 19.2. The van der Waals surface area contributed by atoms with E-state index < -0.39 is 0 Å². The van der Waals surface area contributed by atoms with Crippen molar-refractivity contribution in [3.8, 4) is 5.75 Å². The van der Waals surface area contributed by atoms with Gasteiger partial charge in [0.05, 0.1) is 24.0 Å². The molecule has 3 rings (SSSR count). The lowest BCUT2D eigenvalue weighted by Gasteiger charge is -2.13. The first kappa shape index (κ1) is 18.7. The van der Waals surface area contributed by atoms with Gasteiger partial charge in [-0.15, -0.1) is 0 Å². The fourth-order valence-corrected chi connectivity index (χ4v) is 2.64. The topological polar surface area (TPSA) is 76.1 Å². The average Bonchev–Trinajstić information content (AvgIpc) is 2.70. The van der Waals surface area contributed by atoms with E-state index in [1.807, 2.05) is 19.1 Å². The normalized spacial score (nSPS) is 10.3. The largest absolute Gasteiger partial charge is 0.495 e. The Kier molecular flexibility index (Phi) is 5.88. The molecule has 0 fully saturated rings. The molecule has 0 radical (unpaired) electrons. The minimum atomic E-state index is -0.282. The van der Waals surface area contributed by atoms with Gasteiger partial charge in [0, 0.05) is 42.4 Å². The van der Waals surface area contributed by atoms with Crippen LogP contribution in [0.5, 0.6) is 5.75 Å². The second-order valence-electron chi connectivity index (χ2n) is 5.93. The Bertz CT molecular complexity index is 948. The number of carbonyl (C=O) groups excluding carboxylic acids is 1. The lowest BCUT2D eigenvalue weighted by atomic mass is 10.2. The summed E-state index contributed by atoms with van der Waals surface area (Å²) in [5.74, 6) is 0.217. The highest BCUT2D eigenvalue weighted by Crippen LogP contribution is 2.31. The third-order valence-electron chi connectivity index (χ3n) is 3.98. The molecule has 0 saturated heterocycles. The summed E-state index contributed by atoms with van der Waals surface area (Å²) in [6.07, 6.45) is 6.66. The van der Waals surface area contributed by atoms with E-state index in [1.165, 1.54) is 13.3 Å². The lowest BCUT2D eigenvalue weighted by molar-refractivity contribution is 0.102. The van der Waals surface area contributed by atoms with E-state index >= 15 is 0 Å². The van der Waals surface area contributed by atoms with Crippen LogP contribution in [0.3, 0.4) is 0 Å². The Balaban J connectivity index is 1.73. The summed E-state index contributed by atoms with van der Waals surface area (Å²) in [4.78, 5) is 20.8. The molecule has 3 aromatic rings. The molecule has 0 aliphatic rings. The Morgan fingerprint density at radius 2 is 1.93 bits per heavy atom. The number of methoxy groups -OCH3 is 1. The van der Waals surface area contributed by atoms with Gasteiger partial charge in [-0.05, 0) is 42.3 Å². The molecule has 2 heterocycles. The number of nitrogens with one attached hydrogen (secondary N) is 2. The summed E-state index contributed by atoms with van der Waals surface area (Å²) in [6.45, 7) is 2.47. The minimum absolute atomic E-state index is 0.282. The molecule has 0 spiro atoms. The Morgan fingerprint density at radius 3 is 2.67 bits per heavy atom. The van der Waals surface area contributed by atoms with Gasteiger partial charge >= 0.3 is 0 Å². The van der Waals surface area contributed by atoms with Gasteiger partial charge in [0.15, 0.2) is 0 Å². The first-order valence-corrected chi connectivity index (χ1v) is 8.68. The highest BCUT2D eigenvalue weighted by molar-refractivity contribution is 6.31. The Morgan fingerprint density at radius 1 is 1.15 bits per heavy atom. The van der Waals surface area contributed by atoms with Crippen LogP contribution in [0.4, 0.5) is 11.4 Å². The van der Waals surface area contributed by atoms with Crippen LogP contribution in [0, 0.1) is 6.92 Å². The molecule has 27 heavy (non-hydrogen) atoms. The number of benzene rings is 1. The van der Waals surface area contributed by atoms with Crippen LogP contribution in [-0.2, 0) is 6.54 Å². The number of halogens is 1. The van der Waals surface area contributed by atoms with Crippen molar-refractivity contribution in [2.45, 2.75) is 13.5 Å². The zero-order valence-corrected chi connectivity index (χ0v) is 15.7. The van der Waals surface area contributed by atoms with Crippen molar-refractivity contribution in [2.75, 3.05) is 17.7 Å². The van der Waals surface area contributed by atoms with E-state index in [9.17, 15) is 4.79 Å². The predicted octanol–water partition coefficient (Wildman–Crippen LogP) is 4.31. The minimum Gasteiger partial charge on any atom is -0.495 e. The fourth-order valence-electron chi connectivity index (χ4n) is 2.49. The number of carbonyl (C=O) groups is 1. The van der Waals surface area contributed by atoms with Crippen LogP contribution < -0.4 is 15.4 Å². The third-order valence-corrected chi connectivity index (χ3v) is 4.38. The number of hydrogen-bond donors (Lipinski definition) is 2. The highest BCUT2D eigenvalue weighted by atomic mass is 35.5. The molecule has 6 nitrogen and oxygen atoms in total. The van der Waals surface area contributed by atoms with E-state index in [-0.39, 0.29) is 5.91 Å². The van der Waals surface area contributed by atoms with E-state index in [1.54, 1.807) is 36.8 Å². The average molecular weight is 383 g/mol. The van der Waals surface area contributed by atoms with E-state index in [0.29, 0.717) is 28.6 Å². The number of aryl methyl sites for hydroxylation is 1. The molecule has 0 aliphatic heterocycles. The Hall–Kier alpha value is -3.12. The molecule has 0 aliphatic carbocycles. The maximum Gasteiger partial charge on any atom is 0.257 e. The smallest absolute Gasteiger partial charge is 0.257 e. The van der Waals surface area contributed by atoms with Gasteiger partial charge < -0.3 is 15.4 Å². The standard InChI is InChI=1S/C20H19ClN4O2/c1-13-7-18(19(27-2)9-17(13)21)25-20(26)15-8-16(12-23-11-15)24-10-14-3-5-22-6-4-14/h3-9,11-12,24H,10H2,1-2H3,(H,25,26). The van der Waals surface area contributed by atoms with Crippen molar-refractivity contribution < 1.29 is 9.53 Å². The molecule has 0 atom stereocenters. The van der Waals surface area contributed by atoms with Gasteiger partial charge in [0.1, 0.15) is 5.75 Å². The maximum absolute atomic E-state index is 12.6. The number of rotatable bonds is 6. The summed E-state index contributed by atoms with van der Waals surface area (Å²) < 4.78 is 5.30. The van der Waals surface area contributed by atoms with Crippen molar-refractivity contribution in [3.63, 3.8) is 0 Å². The van der Waals surface area contributed by atoms with Crippen molar-refractivity contribution in [1.82, 2.24) is 9.97 Å². The van der Waals surface area contributed by atoms with Gasteiger partial charge in [-0.1, -0.05) is 11.6 Å². The summed E-state index contributed by atoms with van der Waals surface area (Å²) in [5, 5.41) is 6.67. The Labute approximate surface area is 162 Å². The first-order chi connectivity index (χ1) is 13.1. The molecule has 0 saturated carbocycles. The number of hydrogen-bond acceptors (Lipinski definition) is 5. The molecule has 2 N–H and O–H groups in total. The molecule has 0 bridgehead atoms. The molecule has 1 amide bonds. The quantitative estimate of drug-likeness (QED) is 0.664. The van der Waals surface area contributed by atoms with Crippen molar-refractivity contribution in [3.05, 3.63) is 76.8 Å². The number of aromatic nitrogens is 2. The van der Waals surface area contributed by atoms with E-state index in [0.717, 1.165) is 16.8 Å². The highest BCUT2D eigenvalue weighted by Gasteiger charge is 2.13. The molecule has 138 valence electrons. The molecule has 1 aromatic carbocycles. The van der Waals surface area contributed by atoms with Crippen LogP contribution in [-0.4, -0.2) is 23.0 Å². The SMILES string of the molecule is COc1cc(Cl)c(C)cc1NC(=O)c1cncc(NCc2ccncc2)c1. The van der Waals surface area contributed by atoms with E-state index in [4.69, 9.17) is 16.3 Å². The fraction of sp³-hybridized carbons (Fsp3) is 0.150. The van der Waals surface area contributed by atoms with Crippen LogP contribution in [0.2, 0.25) is 5.02 Å². The first-order valence-electron chi connectivity index (χ1n) is 8.30. The van der Waals surface area contributed by atoms with Gasteiger partial charge in [0.2, 0.25) is 0 Å². The molecular formula is C20H19ClN4O2. The summed E-state index contributed by atoms with van der Waals surface area (Å²) in [7, 11) is 1.53. The number of pyridine rings is 2. The molecule has 7 heteroatoms. The molecular weight excluding hydrogens is 364 g/mol. The van der Waals surface area contributed by atoms with E-state index in [2.05, 4.69) is 20.6 Å². The molecule has 0 unspecified atom stereocenters. The van der Waals surface area contributed by atoms with Crippen LogP contribution in [0.15, 0.2) is 55.1 Å². The van der Waals surface area contributed by atoms with Crippen molar-refractivity contribution in [2.24, 2.45) is 0 Å². The summed E-state index contributed by atoms with van der Waals surface area (Å²) >= 11 is 6.11. The van der Waals surface area contributed by atoms with Crippen molar-refractivity contribution >= 4 is 28.9 Å². The second kappa shape index (κ2) is 8.51. The predicted molar refractivity (Wildman–Crippen MR) is 106 cm³/mol.